The molecule has 29 heavy (non-hydrogen) atoms. The van der Waals surface area contributed by atoms with E-state index >= 15 is 0 Å². The Balaban J connectivity index is 1.68. The summed E-state index contributed by atoms with van der Waals surface area (Å²) in [4.78, 5) is 30.2. The van der Waals surface area contributed by atoms with Crippen LogP contribution < -0.4 is 14.5 Å². The van der Waals surface area contributed by atoms with Crippen molar-refractivity contribution < 1.29 is 18.7 Å². The number of hydrogen-bond acceptors (Lipinski definition) is 4. The van der Waals surface area contributed by atoms with Crippen LogP contribution in [-0.4, -0.2) is 56.5 Å². The largest absolute Gasteiger partial charge is 0.495 e. The van der Waals surface area contributed by atoms with E-state index < -0.39 is 0 Å². The highest BCUT2D eigenvalue weighted by Gasteiger charge is 2.26. The Bertz CT molecular complexity index is 895. The third kappa shape index (κ3) is 4.67. The molecule has 0 N–H and O–H groups in total. The summed E-state index contributed by atoms with van der Waals surface area (Å²) in [5.74, 6) is -0.0891. The van der Waals surface area contributed by atoms with Gasteiger partial charge in [0.2, 0.25) is 11.8 Å². The number of carbonyl (C=O) groups excluding carboxylic acids is 2. The molecule has 1 heterocycles. The van der Waals surface area contributed by atoms with Crippen molar-refractivity contribution in [3.8, 4) is 5.75 Å². The maximum absolute atomic E-state index is 14.0. The summed E-state index contributed by atoms with van der Waals surface area (Å²) in [6.07, 6.45) is 0. The van der Waals surface area contributed by atoms with Crippen LogP contribution in [0.25, 0.3) is 0 Å². The summed E-state index contributed by atoms with van der Waals surface area (Å²) < 4.78 is 19.4. The quantitative estimate of drug-likeness (QED) is 0.776. The van der Waals surface area contributed by atoms with E-state index in [0.29, 0.717) is 43.3 Å². The van der Waals surface area contributed by atoms with E-state index in [4.69, 9.17) is 4.74 Å². The summed E-state index contributed by atoms with van der Waals surface area (Å²) in [7, 11) is 1.54. The van der Waals surface area contributed by atoms with E-state index in [9.17, 15) is 14.0 Å². The second kappa shape index (κ2) is 8.94. The topological polar surface area (TPSA) is 53.1 Å². The second-order valence-corrected chi connectivity index (χ2v) is 7.10. The molecule has 6 nitrogen and oxygen atoms in total. The lowest BCUT2D eigenvalue weighted by Crippen LogP contribution is -2.52. The normalized spacial score (nSPS) is 13.9. The molecule has 0 unspecified atom stereocenters. The van der Waals surface area contributed by atoms with Crippen molar-refractivity contribution in [2.45, 2.75) is 13.8 Å². The first-order chi connectivity index (χ1) is 13.9. The monoisotopic (exact) mass is 399 g/mol. The molecule has 1 aliphatic rings. The van der Waals surface area contributed by atoms with Gasteiger partial charge in [0, 0.05) is 33.1 Å². The summed E-state index contributed by atoms with van der Waals surface area (Å²) in [5, 5.41) is 0. The number of methoxy groups -OCH3 is 1. The fraction of sp³-hybridized carbons (Fsp3) is 0.364. The molecule has 1 aliphatic heterocycles. The number of hydrogen-bond donors (Lipinski definition) is 0. The third-order valence-corrected chi connectivity index (χ3v) is 5.12. The lowest BCUT2D eigenvalue weighted by molar-refractivity contribution is -0.131. The molecule has 0 aliphatic carbocycles. The standard InChI is InChI=1S/C22H26FN3O3/c1-16-8-9-21(29-3)20(14-16)26(17(2)27)15-22(28)25-12-10-24(11-13-25)19-7-5-4-6-18(19)23/h4-9,14H,10-13,15H2,1-3H3. The number of amides is 2. The number of piperazine rings is 1. The molecule has 3 rings (SSSR count). The van der Waals surface area contributed by atoms with E-state index in [1.807, 2.05) is 24.0 Å². The van der Waals surface area contributed by atoms with Crippen LogP contribution in [0.3, 0.4) is 0 Å². The Labute approximate surface area is 170 Å². The van der Waals surface area contributed by atoms with Gasteiger partial charge in [-0.15, -0.1) is 0 Å². The highest BCUT2D eigenvalue weighted by molar-refractivity contribution is 5.98. The summed E-state index contributed by atoms with van der Waals surface area (Å²) in [5.41, 5.74) is 2.10. The molecule has 0 spiro atoms. The first-order valence-corrected chi connectivity index (χ1v) is 9.60. The maximum Gasteiger partial charge on any atom is 0.242 e. The Morgan fingerprint density at radius 1 is 1.10 bits per heavy atom. The predicted octanol–water partition coefficient (Wildman–Crippen LogP) is 2.84. The van der Waals surface area contributed by atoms with Gasteiger partial charge in [0.15, 0.2) is 0 Å². The van der Waals surface area contributed by atoms with E-state index in [1.54, 1.807) is 29.2 Å². The lowest BCUT2D eigenvalue weighted by Gasteiger charge is -2.37. The molecule has 0 radical (unpaired) electrons. The van der Waals surface area contributed by atoms with Crippen molar-refractivity contribution in [2.75, 3.05) is 49.6 Å². The van der Waals surface area contributed by atoms with E-state index in [2.05, 4.69) is 0 Å². The molecule has 0 aromatic heterocycles. The minimum absolute atomic E-state index is 0.0607. The average Bonchev–Trinajstić information content (AvgIpc) is 2.72. The van der Waals surface area contributed by atoms with E-state index in [-0.39, 0.29) is 24.2 Å². The van der Waals surface area contributed by atoms with Crippen molar-refractivity contribution in [1.82, 2.24) is 4.90 Å². The van der Waals surface area contributed by atoms with Crippen LogP contribution in [-0.2, 0) is 9.59 Å². The molecule has 1 fully saturated rings. The molecule has 0 atom stereocenters. The van der Waals surface area contributed by atoms with Crippen molar-refractivity contribution >= 4 is 23.2 Å². The number of ether oxygens (including phenoxy) is 1. The fourth-order valence-corrected chi connectivity index (χ4v) is 3.52. The van der Waals surface area contributed by atoms with E-state index in [0.717, 1.165) is 5.56 Å². The number of nitrogens with zero attached hydrogens (tertiary/aromatic N) is 3. The molecular formula is C22H26FN3O3. The first-order valence-electron chi connectivity index (χ1n) is 9.60. The smallest absolute Gasteiger partial charge is 0.242 e. The molecular weight excluding hydrogens is 373 g/mol. The van der Waals surface area contributed by atoms with Gasteiger partial charge in [-0.25, -0.2) is 4.39 Å². The zero-order valence-corrected chi connectivity index (χ0v) is 17.0. The number of anilines is 2. The van der Waals surface area contributed by atoms with Crippen LogP contribution in [0.2, 0.25) is 0 Å². The van der Waals surface area contributed by atoms with Gasteiger partial charge in [0.25, 0.3) is 0 Å². The highest BCUT2D eigenvalue weighted by Crippen LogP contribution is 2.29. The molecule has 0 saturated carbocycles. The summed E-state index contributed by atoms with van der Waals surface area (Å²) in [6, 6.07) is 12.2. The zero-order valence-electron chi connectivity index (χ0n) is 17.0. The number of aryl methyl sites for hydroxylation is 1. The molecule has 7 heteroatoms. The summed E-state index contributed by atoms with van der Waals surface area (Å²) >= 11 is 0. The van der Waals surface area contributed by atoms with Gasteiger partial charge in [-0.3, -0.25) is 14.5 Å². The Hall–Kier alpha value is -3.09. The van der Waals surface area contributed by atoms with Crippen LogP contribution in [0.4, 0.5) is 15.8 Å². The highest BCUT2D eigenvalue weighted by atomic mass is 19.1. The molecule has 1 saturated heterocycles. The van der Waals surface area contributed by atoms with Gasteiger partial charge in [-0.1, -0.05) is 18.2 Å². The summed E-state index contributed by atoms with van der Waals surface area (Å²) in [6.45, 7) is 5.33. The van der Waals surface area contributed by atoms with Crippen LogP contribution in [0.15, 0.2) is 42.5 Å². The SMILES string of the molecule is COc1ccc(C)cc1N(CC(=O)N1CCN(c2ccccc2F)CC1)C(C)=O. The Morgan fingerprint density at radius 2 is 1.79 bits per heavy atom. The average molecular weight is 399 g/mol. The molecule has 154 valence electrons. The fourth-order valence-electron chi connectivity index (χ4n) is 3.52. The van der Waals surface area contributed by atoms with Crippen molar-refractivity contribution in [3.63, 3.8) is 0 Å². The van der Waals surface area contributed by atoms with Crippen molar-refractivity contribution in [1.29, 1.82) is 0 Å². The Morgan fingerprint density at radius 3 is 2.41 bits per heavy atom. The number of rotatable bonds is 5. The number of halogens is 1. The van der Waals surface area contributed by atoms with Crippen molar-refractivity contribution in [2.24, 2.45) is 0 Å². The molecule has 0 bridgehead atoms. The predicted molar refractivity (Wildman–Crippen MR) is 111 cm³/mol. The van der Waals surface area contributed by atoms with Gasteiger partial charge in [0.1, 0.15) is 18.1 Å². The first kappa shape index (κ1) is 20.6. The van der Waals surface area contributed by atoms with Gasteiger partial charge in [-0.2, -0.15) is 0 Å². The minimum Gasteiger partial charge on any atom is -0.495 e. The molecule has 2 aromatic carbocycles. The molecule has 2 aromatic rings. The van der Waals surface area contributed by atoms with E-state index in [1.165, 1.54) is 25.0 Å². The van der Waals surface area contributed by atoms with Crippen molar-refractivity contribution in [3.05, 3.63) is 53.8 Å². The minimum atomic E-state index is -0.262. The van der Waals surface area contributed by atoms with Gasteiger partial charge in [0.05, 0.1) is 18.5 Å². The maximum atomic E-state index is 14.0. The number of benzene rings is 2. The number of para-hydroxylation sites is 1. The zero-order chi connectivity index (χ0) is 21.0. The lowest BCUT2D eigenvalue weighted by atomic mass is 10.2. The number of carbonyl (C=O) groups is 2. The van der Waals surface area contributed by atoms with Gasteiger partial charge < -0.3 is 14.5 Å². The van der Waals surface area contributed by atoms with Crippen LogP contribution in [0, 0.1) is 12.7 Å². The van der Waals surface area contributed by atoms with Crippen LogP contribution in [0.5, 0.6) is 5.75 Å². The third-order valence-electron chi connectivity index (χ3n) is 5.12. The van der Waals surface area contributed by atoms with Crippen LogP contribution >= 0.6 is 0 Å². The molecule has 2 amide bonds. The second-order valence-electron chi connectivity index (χ2n) is 7.10. The van der Waals surface area contributed by atoms with Gasteiger partial charge in [-0.05, 0) is 36.8 Å². The van der Waals surface area contributed by atoms with Crippen LogP contribution in [0.1, 0.15) is 12.5 Å². The Kier molecular flexibility index (Phi) is 6.36. The van der Waals surface area contributed by atoms with Gasteiger partial charge >= 0.3 is 0 Å².